The van der Waals surface area contributed by atoms with E-state index in [9.17, 15) is 9.18 Å². The molecule has 3 nitrogen and oxygen atoms in total. The van der Waals surface area contributed by atoms with Crippen LogP contribution < -0.4 is 5.32 Å². The van der Waals surface area contributed by atoms with E-state index in [1.54, 1.807) is 12.1 Å². The zero-order valence-corrected chi connectivity index (χ0v) is 13.1. The molecule has 1 heterocycles. The summed E-state index contributed by atoms with van der Waals surface area (Å²) in [4.78, 5) is 14.5. The molecule has 1 amide bonds. The predicted octanol–water partition coefficient (Wildman–Crippen LogP) is 2.95. The van der Waals surface area contributed by atoms with Crippen molar-refractivity contribution in [2.45, 2.75) is 38.6 Å². The molecule has 1 atom stereocenters. The van der Waals surface area contributed by atoms with Gasteiger partial charge in [-0.25, -0.2) is 4.39 Å². The van der Waals surface area contributed by atoms with Gasteiger partial charge in [-0.3, -0.25) is 4.79 Å². The van der Waals surface area contributed by atoms with Gasteiger partial charge in [0.05, 0.1) is 0 Å². The summed E-state index contributed by atoms with van der Waals surface area (Å²) >= 11 is 0. The molecule has 120 valence electrons. The highest BCUT2D eigenvalue weighted by molar-refractivity contribution is 5.76. The fraction of sp³-hybridized carbons (Fsp3) is 0.611. The summed E-state index contributed by atoms with van der Waals surface area (Å²) in [7, 11) is 0. The molecule has 1 unspecified atom stereocenters. The van der Waals surface area contributed by atoms with Crippen LogP contribution in [0.1, 0.15) is 37.7 Å². The van der Waals surface area contributed by atoms with Crippen LogP contribution in [0.3, 0.4) is 0 Å². The minimum absolute atomic E-state index is 0.224. The summed E-state index contributed by atoms with van der Waals surface area (Å²) in [5.74, 6) is 1.36. The fourth-order valence-electron chi connectivity index (χ4n) is 3.12. The first-order chi connectivity index (χ1) is 10.7. The summed E-state index contributed by atoms with van der Waals surface area (Å²) in [5.41, 5.74) is 1.01. The molecule has 1 aromatic carbocycles. The normalized spacial score (nSPS) is 21.0. The van der Waals surface area contributed by atoms with E-state index in [2.05, 4.69) is 5.32 Å². The first-order valence-corrected chi connectivity index (χ1v) is 8.43. The van der Waals surface area contributed by atoms with Crippen molar-refractivity contribution in [1.82, 2.24) is 10.2 Å². The number of carbonyl (C=O) groups is 1. The monoisotopic (exact) mass is 304 g/mol. The lowest BCUT2D eigenvalue weighted by atomic mass is 10.0. The lowest BCUT2D eigenvalue weighted by Crippen LogP contribution is -2.32. The van der Waals surface area contributed by atoms with Crippen LogP contribution in [0.5, 0.6) is 0 Å². The number of amides is 1. The lowest BCUT2D eigenvalue weighted by molar-refractivity contribution is -0.132. The van der Waals surface area contributed by atoms with Gasteiger partial charge in [-0.05, 0) is 68.3 Å². The highest BCUT2D eigenvalue weighted by atomic mass is 19.1. The average molecular weight is 304 g/mol. The van der Waals surface area contributed by atoms with E-state index in [0.717, 1.165) is 31.6 Å². The Morgan fingerprint density at radius 3 is 2.59 bits per heavy atom. The van der Waals surface area contributed by atoms with E-state index < -0.39 is 0 Å². The number of nitrogens with one attached hydrogen (secondary N) is 1. The van der Waals surface area contributed by atoms with E-state index in [1.165, 1.54) is 31.4 Å². The highest BCUT2D eigenvalue weighted by Gasteiger charge is 2.27. The van der Waals surface area contributed by atoms with Gasteiger partial charge in [-0.15, -0.1) is 0 Å². The van der Waals surface area contributed by atoms with Gasteiger partial charge in [0.1, 0.15) is 5.82 Å². The molecule has 4 heteroatoms. The first kappa shape index (κ1) is 15.5. The standard InChI is InChI=1S/C18H25FN2O/c19-17-6-3-16(4-7-17)13-21(12-15-1-2-15)18(22)8-5-14-9-10-20-11-14/h3-4,6-7,14-15,20H,1-2,5,8-13H2. The van der Waals surface area contributed by atoms with Crippen LogP contribution in [0.2, 0.25) is 0 Å². The van der Waals surface area contributed by atoms with Crippen molar-refractivity contribution < 1.29 is 9.18 Å². The maximum Gasteiger partial charge on any atom is 0.222 e. The Kier molecular flexibility index (Phi) is 5.08. The number of hydrogen-bond acceptors (Lipinski definition) is 2. The van der Waals surface area contributed by atoms with E-state index in [4.69, 9.17) is 0 Å². The summed E-state index contributed by atoms with van der Waals surface area (Å²) < 4.78 is 13.0. The van der Waals surface area contributed by atoms with Gasteiger partial charge in [0.2, 0.25) is 5.91 Å². The SMILES string of the molecule is O=C(CCC1CCNC1)N(Cc1ccc(F)cc1)CC1CC1. The van der Waals surface area contributed by atoms with Crippen LogP contribution in [0.15, 0.2) is 24.3 Å². The highest BCUT2D eigenvalue weighted by Crippen LogP contribution is 2.30. The molecule has 1 saturated carbocycles. The van der Waals surface area contributed by atoms with E-state index in [-0.39, 0.29) is 11.7 Å². The molecule has 2 fully saturated rings. The number of benzene rings is 1. The summed E-state index contributed by atoms with van der Waals surface area (Å²) in [5, 5.41) is 3.35. The second-order valence-corrected chi connectivity index (χ2v) is 6.74. The predicted molar refractivity (Wildman–Crippen MR) is 84.8 cm³/mol. The van der Waals surface area contributed by atoms with Gasteiger partial charge in [-0.2, -0.15) is 0 Å². The topological polar surface area (TPSA) is 32.3 Å². The van der Waals surface area contributed by atoms with E-state index >= 15 is 0 Å². The number of carbonyl (C=O) groups excluding carboxylic acids is 1. The van der Waals surface area contributed by atoms with Crippen molar-refractivity contribution in [2.24, 2.45) is 11.8 Å². The number of rotatable bonds is 7. The minimum atomic E-state index is -0.224. The van der Waals surface area contributed by atoms with Crippen LogP contribution in [-0.2, 0) is 11.3 Å². The van der Waals surface area contributed by atoms with Gasteiger partial charge in [-0.1, -0.05) is 12.1 Å². The molecule has 0 spiro atoms. The second-order valence-electron chi connectivity index (χ2n) is 6.74. The van der Waals surface area contributed by atoms with Crippen LogP contribution in [0.4, 0.5) is 4.39 Å². The van der Waals surface area contributed by atoms with Crippen molar-refractivity contribution in [3.8, 4) is 0 Å². The maximum absolute atomic E-state index is 13.0. The van der Waals surface area contributed by atoms with Gasteiger partial charge in [0, 0.05) is 19.5 Å². The Morgan fingerprint density at radius 1 is 1.18 bits per heavy atom. The van der Waals surface area contributed by atoms with Crippen molar-refractivity contribution in [1.29, 1.82) is 0 Å². The zero-order chi connectivity index (χ0) is 15.4. The molecular weight excluding hydrogens is 279 g/mol. The van der Waals surface area contributed by atoms with Crippen LogP contribution >= 0.6 is 0 Å². The Hall–Kier alpha value is -1.42. The summed E-state index contributed by atoms with van der Waals surface area (Å²) in [6.07, 6.45) is 5.28. The quantitative estimate of drug-likeness (QED) is 0.840. The Labute approximate surface area is 131 Å². The van der Waals surface area contributed by atoms with Gasteiger partial charge < -0.3 is 10.2 Å². The largest absolute Gasteiger partial charge is 0.338 e. The van der Waals surface area contributed by atoms with E-state index in [1.807, 2.05) is 4.90 Å². The molecule has 2 aliphatic rings. The van der Waals surface area contributed by atoms with Crippen LogP contribution in [0, 0.1) is 17.7 Å². The molecule has 1 N–H and O–H groups in total. The third-order valence-corrected chi connectivity index (χ3v) is 4.74. The molecule has 1 aromatic rings. The van der Waals surface area contributed by atoms with Gasteiger partial charge in [0.25, 0.3) is 0 Å². The third-order valence-electron chi connectivity index (χ3n) is 4.74. The Morgan fingerprint density at radius 2 is 1.95 bits per heavy atom. The molecule has 1 aliphatic carbocycles. The van der Waals surface area contributed by atoms with E-state index in [0.29, 0.717) is 24.8 Å². The number of nitrogens with zero attached hydrogens (tertiary/aromatic N) is 1. The Balaban J connectivity index is 1.55. The third kappa shape index (κ3) is 4.54. The van der Waals surface area contributed by atoms with Crippen LogP contribution in [-0.4, -0.2) is 30.4 Å². The number of hydrogen-bond donors (Lipinski definition) is 1. The molecule has 22 heavy (non-hydrogen) atoms. The van der Waals surface area contributed by atoms with Crippen LogP contribution in [0.25, 0.3) is 0 Å². The van der Waals surface area contributed by atoms with Gasteiger partial charge in [0.15, 0.2) is 0 Å². The molecule has 0 aromatic heterocycles. The molecule has 0 radical (unpaired) electrons. The summed E-state index contributed by atoms with van der Waals surface area (Å²) in [6.45, 7) is 3.60. The fourth-order valence-corrected chi connectivity index (χ4v) is 3.12. The molecule has 0 bridgehead atoms. The van der Waals surface area contributed by atoms with Crippen molar-refractivity contribution >= 4 is 5.91 Å². The van der Waals surface area contributed by atoms with Gasteiger partial charge >= 0.3 is 0 Å². The molecule has 1 aliphatic heterocycles. The first-order valence-electron chi connectivity index (χ1n) is 8.43. The second kappa shape index (κ2) is 7.23. The van der Waals surface area contributed by atoms with Crippen molar-refractivity contribution in [3.63, 3.8) is 0 Å². The summed E-state index contributed by atoms with van der Waals surface area (Å²) in [6, 6.07) is 6.51. The lowest BCUT2D eigenvalue weighted by Gasteiger charge is -2.23. The number of halogens is 1. The van der Waals surface area contributed by atoms with Crippen molar-refractivity contribution in [3.05, 3.63) is 35.6 Å². The smallest absolute Gasteiger partial charge is 0.222 e. The van der Waals surface area contributed by atoms with Crippen molar-refractivity contribution in [2.75, 3.05) is 19.6 Å². The minimum Gasteiger partial charge on any atom is -0.338 e. The maximum atomic E-state index is 13.0. The molecular formula is C18H25FN2O. The average Bonchev–Trinajstić information content (AvgIpc) is 3.18. The molecule has 3 rings (SSSR count). The zero-order valence-electron chi connectivity index (χ0n) is 13.1. The molecule has 1 saturated heterocycles. The Bertz CT molecular complexity index is 492.